The molecule has 0 bridgehead atoms. The van der Waals surface area contributed by atoms with Crippen molar-refractivity contribution in [2.45, 2.75) is 6.61 Å². The molecule has 0 spiro atoms. The van der Waals surface area contributed by atoms with Crippen molar-refractivity contribution >= 4 is 28.9 Å². The SMILES string of the molecule is COc1cc2c(O)c3c(c(/C=C/c4ccccc4)c2cc1OC)C(=O)OC3. The summed E-state index contributed by atoms with van der Waals surface area (Å²) in [5.74, 6) is 0.613. The molecule has 1 heterocycles. The Bertz CT molecular complexity index is 1070. The molecule has 0 saturated heterocycles. The van der Waals surface area contributed by atoms with Crippen molar-refractivity contribution in [3.63, 3.8) is 0 Å². The number of phenolic OH excluding ortho intramolecular Hbond substituents is 1. The highest BCUT2D eigenvalue weighted by Crippen LogP contribution is 2.44. The fourth-order valence-corrected chi connectivity index (χ4v) is 3.38. The van der Waals surface area contributed by atoms with E-state index in [-0.39, 0.29) is 12.4 Å². The van der Waals surface area contributed by atoms with E-state index in [1.165, 1.54) is 7.11 Å². The normalized spacial score (nSPS) is 13.0. The van der Waals surface area contributed by atoms with Gasteiger partial charge < -0.3 is 19.3 Å². The molecule has 0 fully saturated rings. The molecule has 0 saturated carbocycles. The molecule has 3 aromatic carbocycles. The number of methoxy groups -OCH3 is 2. The summed E-state index contributed by atoms with van der Waals surface area (Å²) in [5, 5.41) is 12.0. The van der Waals surface area contributed by atoms with Crippen LogP contribution in [0, 0.1) is 0 Å². The lowest BCUT2D eigenvalue weighted by molar-refractivity contribution is 0.0534. The van der Waals surface area contributed by atoms with Crippen molar-refractivity contribution in [1.29, 1.82) is 0 Å². The molecular formula is C22H18O5. The predicted octanol–water partition coefficient (Wildman–Crippen LogP) is 4.40. The Hall–Kier alpha value is -3.47. The first-order valence-electron chi connectivity index (χ1n) is 8.47. The van der Waals surface area contributed by atoms with Gasteiger partial charge in [0.1, 0.15) is 12.4 Å². The van der Waals surface area contributed by atoms with Gasteiger partial charge in [0.2, 0.25) is 0 Å². The Morgan fingerprint density at radius 1 is 1.00 bits per heavy atom. The number of aromatic hydroxyl groups is 1. The minimum absolute atomic E-state index is 0.0312. The van der Waals surface area contributed by atoms with E-state index in [9.17, 15) is 9.90 Å². The zero-order valence-corrected chi connectivity index (χ0v) is 15.0. The number of fused-ring (bicyclic) bond motifs is 2. The maximum absolute atomic E-state index is 12.3. The molecule has 27 heavy (non-hydrogen) atoms. The van der Waals surface area contributed by atoms with Gasteiger partial charge in [-0.1, -0.05) is 42.5 Å². The van der Waals surface area contributed by atoms with E-state index < -0.39 is 5.97 Å². The Morgan fingerprint density at radius 3 is 2.33 bits per heavy atom. The van der Waals surface area contributed by atoms with E-state index >= 15 is 0 Å². The van der Waals surface area contributed by atoms with Crippen molar-refractivity contribution in [2.75, 3.05) is 14.2 Å². The number of carbonyl (C=O) groups excluding carboxylic acids is 1. The third-order valence-electron chi connectivity index (χ3n) is 4.72. The van der Waals surface area contributed by atoms with Crippen molar-refractivity contribution in [1.82, 2.24) is 0 Å². The first-order valence-corrected chi connectivity index (χ1v) is 8.47. The summed E-state index contributed by atoms with van der Waals surface area (Å²) in [4.78, 5) is 12.3. The van der Waals surface area contributed by atoms with Crippen LogP contribution in [0.3, 0.4) is 0 Å². The molecule has 0 aromatic heterocycles. The third kappa shape index (κ3) is 2.77. The number of benzene rings is 3. The fraction of sp³-hybridized carbons (Fsp3) is 0.136. The fourth-order valence-electron chi connectivity index (χ4n) is 3.38. The van der Waals surface area contributed by atoms with Crippen molar-refractivity contribution in [2.24, 2.45) is 0 Å². The molecule has 3 aromatic rings. The van der Waals surface area contributed by atoms with Crippen molar-refractivity contribution in [3.05, 3.63) is 64.7 Å². The number of esters is 1. The Morgan fingerprint density at radius 2 is 1.67 bits per heavy atom. The lowest BCUT2D eigenvalue weighted by atomic mass is 9.93. The number of cyclic esters (lactones) is 1. The molecule has 5 heteroatoms. The van der Waals surface area contributed by atoms with Gasteiger partial charge in [-0.3, -0.25) is 0 Å². The van der Waals surface area contributed by atoms with Gasteiger partial charge in [-0.2, -0.15) is 0 Å². The quantitative estimate of drug-likeness (QED) is 0.550. The molecular weight excluding hydrogens is 344 g/mol. The average Bonchev–Trinajstić information content (AvgIpc) is 3.09. The van der Waals surface area contributed by atoms with Crippen molar-refractivity contribution < 1.29 is 24.1 Å². The summed E-state index contributed by atoms with van der Waals surface area (Å²) < 4.78 is 15.9. The van der Waals surface area contributed by atoms with E-state index in [0.717, 1.165) is 5.56 Å². The lowest BCUT2D eigenvalue weighted by Gasteiger charge is -2.14. The third-order valence-corrected chi connectivity index (χ3v) is 4.72. The smallest absolute Gasteiger partial charge is 0.339 e. The summed E-state index contributed by atoms with van der Waals surface area (Å²) in [6.07, 6.45) is 3.79. The monoisotopic (exact) mass is 362 g/mol. The Labute approximate surface area is 156 Å². The van der Waals surface area contributed by atoms with Crippen LogP contribution in [-0.4, -0.2) is 25.3 Å². The van der Waals surface area contributed by atoms with Crippen LogP contribution in [0.1, 0.15) is 27.0 Å². The molecule has 5 nitrogen and oxygen atoms in total. The molecule has 1 aliphatic rings. The van der Waals surface area contributed by atoms with Gasteiger partial charge in [0, 0.05) is 10.9 Å². The maximum atomic E-state index is 12.3. The first-order chi connectivity index (χ1) is 13.1. The Kier molecular flexibility index (Phi) is 4.20. The molecule has 0 radical (unpaired) electrons. The highest BCUT2D eigenvalue weighted by molar-refractivity contribution is 6.10. The Balaban J connectivity index is 2.03. The first kappa shape index (κ1) is 17.0. The topological polar surface area (TPSA) is 65.0 Å². The van der Waals surface area contributed by atoms with E-state index in [1.54, 1.807) is 19.2 Å². The standard InChI is InChI=1S/C22H18O5/c1-25-18-10-15-14(9-8-13-6-4-3-5-7-13)20-17(12-27-22(20)24)21(23)16(15)11-19(18)26-2/h3-11,23H,12H2,1-2H3/b9-8+. The maximum Gasteiger partial charge on any atom is 0.339 e. The molecule has 0 atom stereocenters. The van der Waals surface area contributed by atoms with Gasteiger partial charge in [-0.05, 0) is 28.6 Å². The second-order valence-corrected chi connectivity index (χ2v) is 6.19. The molecule has 4 rings (SSSR count). The number of carbonyl (C=O) groups is 1. The second kappa shape index (κ2) is 6.68. The predicted molar refractivity (Wildman–Crippen MR) is 103 cm³/mol. The van der Waals surface area contributed by atoms with Crippen LogP contribution in [-0.2, 0) is 11.3 Å². The van der Waals surface area contributed by atoms with Gasteiger partial charge >= 0.3 is 5.97 Å². The van der Waals surface area contributed by atoms with Crippen LogP contribution in [0.4, 0.5) is 0 Å². The van der Waals surface area contributed by atoms with Crippen LogP contribution < -0.4 is 9.47 Å². The number of hydrogen-bond acceptors (Lipinski definition) is 5. The molecule has 1 aliphatic heterocycles. The molecule has 0 unspecified atom stereocenters. The summed E-state index contributed by atoms with van der Waals surface area (Å²) >= 11 is 0. The summed E-state index contributed by atoms with van der Waals surface area (Å²) in [6, 6.07) is 13.3. The van der Waals surface area contributed by atoms with Gasteiger partial charge in [0.25, 0.3) is 0 Å². The van der Waals surface area contributed by atoms with Crippen molar-refractivity contribution in [3.8, 4) is 17.2 Å². The molecule has 0 aliphatic carbocycles. The second-order valence-electron chi connectivity index (χ2n) is 6.19. The van der Waals surface area contributed by atoms with E-state index in [1.807, 2.05) is 42.5 Å². The molecule has 0 amide bonds. The summed E-state index contributed by atoms with van der Waals surface area (Å²) in [6.45, 7) is 0.0520. The number of phenols is 1. The highest BCUT2D eigenvalue weighted by Gasteiger charge is 2.30. The van der Waals surface area contributed by atoms with Crippen LogP contribution in [0.2, 0.25) is 0 Å². The van der Waals surface area contributed by atoms with Gasteiger partial charge in [0.05, 0.1) is 19.8 Å². The van der Waals surface area contributed by atoms with Crippen LogP contribution in [0.5, 0.6) is 17.2 Å². The van der Waals surface area contributed by atoms with Crippen LogP contribution in [0.25, 0.3) is 22.9 Å². The number of ether oxygens (including phenoxy) is 3. The minimum atomic E-state index is -0.440. The van der Waals surface area contributed by atoms with E-state index in [4.69, 9.17) is 14.2 Å². The zero-order chi connectivity index (χ0) is 19.0. The lowest BCUT2D eigenvalue weighted by Crippen LogP contribution is -2.00. The number of rotatable bonds is 4. The van der Waals surface area contributed by atoms with Crippen LogP contribution >= 0.6 is 0 Å². The number of hydrogen-bond donors (Lipinski definition) is 1. The largest absolute Gasteiger partial charge is 0.507 e. The van der Waals surface area contributed by atoms with E-state index in [2.05, 4.69) is 0 Å². The highest BCUT2D eigenvalue weighted by atomic mass is 16.5. The van der Waals surface area contributed by atoms with Gasteiger partial charge in [0.15, 0.2) is 11.5 Å². The summed E-state index contributed by atoms with van der Waals surface area (Å²) in [7, 11) is 3.08. The van der Waals surface area contributed by atoms with Gasteiger partial charge in [-0.25, -0.2) is 4.79 Å². The zero-order valence-electron chi connectivity index (χ0n) is 15.0. The molecule has 1 N–H and O–H groups in total. The minimum Gasteiger partial charge on any atom is -0.507 e. The average molecular weight is 362 g/mol. The molecule has 136 valence electrons. The van der Waals surface area contributed by atoms with Crippen LogP contribution in [0.15, 0.2) is 42.5 Å². The van der Waals surface area contributed by atoms with E-state index in [0.29, 0.717) is 39.0 Å². The summed E-state index contributed by atoms with van der Waals surface area (Å²) in [5.41, 5.74) is 2.57. The van der Waals surface area contributed by atoms with Gasteiger partial charge in [-0.15, -0.1) is 0 Å².